The van der Waals surface area contributed by atoms with E-state index in [1.54, 1.807) is 34.9 Å². The van der Waals surface area contributed by atoms with Crippen LogP contribution in [0.3, 0.4) is 0 Å². The van der Waals surface area contributed by atoms with E-state index in [0.29, 0.717) is 24.5 Å². The van der Waals surface area contributed by atoms with Crippen molar-refractivity contribution in [1.29, 1.82) is 0 Å². The summed E-state index contributed by atoms with van der Waals surface area (Å²) in [5, 5.41) is 6.50. The van der Waals surface area contributed by atoms with Crippen molar-refractivity contribution in [3.63, 3.8) is 0 Å². The number of benzene rings is 3. The van der Waals surface area contributed by atoms with Crippen molar-refractivity contribution in [2.75, 3.05) is 47.6 Å². The first-order valence-electron chi connectivity index (χ1n) is 18.3. The van der Waals surface area contributed by atoms with Crippen molar-refractivity contribution < 1.29 is 13.2 Å². The molecule has 2 aliphatic rings. The molecule has 56 heavy (non-hydrogen) atoms. The normalized spacial score (nSPS) is 14.9. The van der Waals surface area contributed by atoms with Crippen LogP contribution < -0.4 is 20.4 Å². The van der Waals surface area contributed by atoms with Crippen molar-refractivity contribution >= 4 is 46.2 Å². The summed E-state index contributed by atoms with van der Waals surface area (Å²) in [4.78, 5) is 26.8. The van der Waals surface area contributed by atoms with Crippen LogP contribution in [0.25, 0.3) is 5.69 Å². The predicted octanol–water partition coefficient (Wildman–Crippen LogP) is 9.36. The number of nitrogens with zero attached hydrogens (tertiary/aromatic N) is 8. The number of aryl methyl sites for hydroxylation is 2. The van der Waals surface area contributed by atoms with Gasteiger partial charge in [0, 0.05) is 73.1 Å². The molecule has 0 saturated heterocycles. The van der Waals surface area contributed by atoms with E-state index < -0.39 is 0 Å². The minimum Gasteiger partial charge on any atom is -0.373 e. The molecule has 3 aromatic carbocycles. The Morgan fingerprint density at radius 3 is 1.68 bits per heavy atom. The van der Waals surface area contributed by atoms with E-state index in [1.807, 2.05) is 45.1 Å². The molecule has 0 saturated carbocycles. The van der Waals surface area contributed by atoms with Gasteiger partial charge in [-0.25, -0.2) is 33.1 Å². The summed E-state index contributed by atoms with van der Waals surface area (Å²) < 4.78 is 43.5. The van der Waals surface area contributed by atoms with Crippen LogP contribution in [0.2, 0.25) is 5.28 Å². The molecule has 2 aliphatic heterocycles. The molecule has 0 amide bonds. The van der Waals surface area contributed by atoms with Crippen LogP contribution in [0.5, 0.6) is 0 Å². The molecule has 0 bridgehead atoms. The number of rotatable bonds is 7. The maximum Gasteiger partial charge on any atom is 0.226 e. The lowest BCUT2D eigenvalue weighted by atomic mass is 9.88. The first-order valence-corrected chi connectivity index (χ1v) is 18.7. The van der Waals surface area contributed by atoms with E-state index in [9.17, 15) is 8.78 Å². The Balaban J connectivity index is 0.000000195. The van der Waals surface area contributed by atoms with Gasteiger partial charge >= 0.3 is 0 Å². The number of nitrogens with one attached hydrogen (secondary N) is 2. The third kappa shape index (κ3) is 7.35. The van der Waals surface area contributed by atoms with Crippen LogP contribution in [-0.2, 0) is 17.3 Å². The highest BCUT2D eigenvalue weighted by Gasteiger charge is 2.41. The second-order valence-electron chi connectivity index (χ2n) is 15.4. The van der Waals surface area contributed by atoms with Gasteiger partial charge in [-0.05, 0) is 91.7 Å². The topological polar surface area (TPSA) is 99.9 Å². The Hall–Kier alpha value is -5.69. The SMILES string of the molecule is CNc1nc(Cc2ccc(-n3cc(C)nc3C)c(F)c2)nc2c1C(C)(C)CN2c1ccc(F)cc1.CNc1nc(Cl)nc2c1C(C)(C)CN2c1ccc(F)cc1. The molecule has 6 aromatic rings. The first-order chi connectivity index (χ1) is 26.6. The lowest BCUT2D eigenvalue weighted by molar-refractivity contribution is 0.568. The van der Waals surface area contributed by atoms with Crippen LogP contribution in [0, 0.1) is 31.3 Å². The molecule has 3 aromatic heterocycles. The Bertz CT molecular complexity index is 2410. The summed E-state index contributed by atoms with van der Waals surface area (Å²) in [5.41, 5.74) is 5.52. The van der Waals surface area contributed by atoms with Gasteiger partial charge < -0.3 is 25.0 Å². The van der Waals surface area contributed by atoms with Gasteiger partial charge in [-0.15, -0.1) is 0 Å². The average molecular weight is 781 g/mol. The number of aromatic nitrogens is 6. The van der Waals surface area contributed by atoms with Crippen molar-refractivity contribution in [2.24, 2.45) is 0 Å². The van der Waals surface area contributed by atoms with E-state index in [1.165, 1.54) is 30.3 Å². The van der Waals surface area contributed by atoms with Gasteiger partial charge in [-0.3, -0.25) is 0 Å². The number of hydrogen-bond acceptors (Lipinski definition) is 9. The fourth-order valence-corrected chi connectivity index (χ4v) is 7.83. The standard InChI is InChI=1S/C27H28F2N6.C15H16ClFN4/c1-16-14-34(17(2)31-16)22-11-6-18(12-21(22)29)13-23-32-25(30-5)24-26(33-23)35(15-27(24,3)4)20-9-7-19(28)8-10-20;1-15(2)8-21(10-6-4-9(17)5-7-10)13-11(15)12(18-3)19-14(16)20-13/h6-12,14H,13,15H2,1-5H3,(H,30,32,33);4-7H,8H2,1-3H3,(H,18,19,20). The molecule has 290 valence electrons. The smallest absolute Gasteiger partial charge is 0.226 e. The van der Waals surface area contributed by atoms with Gasteiger partial charge in [0.25, 0.3) is 0 Å². The molecule has 0 aliphatic carbocycles. The lowest BCUT2D eigenvalue weighted by Crippen LogP contribution is -2.25. The summed E-state index contributed by atoms with van der Waals surface area (Å²) in [6, 6.07) is 18.0. The van der Waals surface area contributed by atoms with E-state index >= 15 is 4.39 Å². The maximum atomic E-state index is 15.1. The second-order valence-corrected chi connectivity index (χ2v) is 15.7. The molecule has 14 heteroatoms. The van der Waals surface area contributed by atoms with E-state index in [-0.39, 0.29) is 33.6 Å². The van der Waals surface area contributed by atoms with Crippen molar-refractivity contribution in [2.45, 2.75) is 58.8 Å². The zero-order chi connectivity index (χ0) is 40.1. The molecule has 0 fully saturated rings. The minimum atomic E-state index is -0.327. The number of hydrogen-bond donors (Lipinski definition) is 2. The summed E-state index contributed by atoms with van der Waals surface area (Å²) in [7, 11) is 3.66. The van der Waals surface area contributed by atoms with Gasteiger partial charge in [0.2, 0.25) is 5.28 Å². The van der Waals surface area contributed by atoms with Crippen LogP contribution in [-0.4, -0.2) is 56.7 Å². The molecule has 10 nitrogen and oxygen atoms in total. The van der Waals surface area contributed by atoms with Crippen molar-refractivity contribution in [1.82, 2.24) is 29.5 Å². The monoisotopic (exact) mass is 780 g/mol. The number of anilines is 6. The van der Waals surface area contributed by atoms with Crippen molar-refractivity contribution in [3.05, 3.63) is 130 Å². The zero-order valence-electron chi connectivity index (χ0n) is 32.6. The fourth-order valence-electron chi connectivity index (χ4n) is 7.66. The van der Waals surface area contributed by atoms with Crippen LogP contribution in [0.15, 0.2) is 72.9 Å². The Morgan fingerprint density at radius 1 is 0.679 bits per heavy atom. The van der Waals surface area contributed by atoms with Crippen LogP contribution in [0.4, 0.5) is 47.8 Å². The number of halogens is 4. The number of fused-ring (bicyclic) bond motifs is 2. The second kappa shape index (κ2) is 14.8. The minimum absolute atomic E-state index is 0.132. The van der Waals surface area contributed by atoms with E-state index in [0.717, 1.165) is 69.4 Å². The third-order valence-corrected chi connectivity index (χ3v) is 10.3. The van der Waals surface area contributed by atoms with Gasteiger partial charge in [0.1, 0.15) is 52.4 Å². The quantitative estimate of drug-likeness (QED) is 0.154. The fraction of sp³-hybridized carbons (Fsp3) is 0.310. The van der Waals surface area contributed by atoms with Gasteiger partial charge in [-0.2, -0.15) is 4.98 Å². The highest BCUT2D eigenvalue weighted by Crippen LogP contribution is 2.47. The van der Waals surface area contributed by atoms with Gasteiger partial charge in [0.05, 0.1) is 11.4 Å². The largest absolute Gasteiger partial charge is 0.373 e. The summed E-state index contributed by atoms with van der Waals surface area (Å²) in [5.74, 6) is 3.51. The summed E-state index contributed by atoms with van der Waals surface area (Å²) >= 11 is 6.03. The molecule has 0 radical (unpaired) electrons. The Kier molecular flexibility index (Phi) is 10.2. The van der Waals surface area contributed by atoms with Crippen molar-refractivity contribution in [3.8, 4) is 5.69 Å². The molecule has 5 heterocycles. The molecule has 0 spiro atoms. The van der Waals surface area contributed by atoms with Crippen LogP contribution in [0.1, 0.15) is 61.7 Å². The molecule has 8 rings (SSSR count). The average Bonchev–Trinajstić information content (AvgIpc) is 3.74. The summed E-state index contributed by atoms with van der Waals surface area (Å²) in [6.45, 7) is 13.7. The zero-order valence-corrected chi connectivity index (χ0v) is 33.4. The third-order valence-electron chi connectivity index (χ3n) is 10.2. The molecular formula is C42H44ClF3N10. The predicted molar refractivity (Wildman–Crippen MR) is 217 cm³/mol. The maximum absolute atomic E-state index is 15.1. The molecule has 0 unspecified atom stereocenters. The molecule has 0 atom stereocenters. The Labute approximate surface area is 329 Å². The lowest BCUT2D eigenvalue weighted by Gasteiger charge is -2.21. The van der Waals surface area contributed by atoms with Crippen LogP contribution >= 0.6 is 11.6 Å². The highest BCUT2D eigenvalue weighted by molar-refractivity contribution is 6.28. The highest BCUT2D eigenvalue weighted by atomic mass is 35.5. The summed E-state index contributed by atoms with van der Waals surface area (Å²) in [6.07, 6.45) is 2.20. The molecule has 2 N–H and O–H groups in total. The van der Waals surface area contributed by atoms with Gasteiger partial charge in [0.15, 0.2) is 0 Å². The Morgan fingerprint density at radius 2 is 1.20 bits per heavy atom. The number of imidazole rings is 1. The van der Waals surface area contributed by atoms with E-state index in [2.05, 4.69) is 58.2 Å². The van der Waals surface area contributed by atoms with Gasteiger partial charge in [-0.1, -0.05) is 33.8 Å². The van der Waals surface area contributed by atoms with E-state index in [4.69, 9.17) is 21.6 Å². The first kappa shape index (κ1) is 38.6. The molecular weight excluding hydrogens is 737 g/mol.